The number of nitrogens with one attached hydrogen (secondary N) is 1. The van der Waals surface area contributed by atoms with Crippen molar-refractivity contribution in [2.75, 3.05) is 6.61 Å². The van der Waals surface area contributed by atoms with Gasteiger partial charge in [0.15, 0.2) is 6.61 Å². The standard InChI is InChI=1S/C25H21BrN4O2/c1-18-10-12-19(13-11-18)25-20(16-30(29-25)22-7-3-2-4-8-22)15-27-28-24(31)17-32-23-9-5-6-21(26)14-23/h2-16H,17H2,1H3,(H,28,31)/b27-15+. The lowest BCUT2D eigenvalue weighted by atomic mass is 10.1. The van der Waals surface area contributed by atoms with Crippen molar-refractivity contribution >= 4 is 28.1 Å². The van der Waals surface area contributed by atoms with Crippen molar-refractivity contribution < 1.29 is 9.53 Å². The van der Waals surface area contributed by atoms with Gasteiger partial charge >= 0.3 is 0 Å². The molecule has 0 aliphatic rings. The van der Waals surface area contributed by atoms with Crippen LogP contribution in [0.3, 0.4) is 0 Å². The molecule has 0 fully saturated rings. The molecular formula is C25H21BrN4O2. The molecular weight excluding hydrogens is 468 g/mol. The topological polar surface area (TPSA) is 68.5 Å². The van der Waals surface area contributed by atoms with Gasteiger partial charge in [0.05, 0.1) is 11.9 Å². The van der Waals surface area contributed by atoms with E-state index in [2.05, 4.69) is 26.5 Å². The van der Waals surface area contributed by atoms with E-state index in [4.69, 9.17) is 9.84 Å². The van der Waals surface area contributed by atoms with Gasteiger partial charge in [-0.1, -0.05) is 70.0 Å². The maximum Gasteiger partial charge on any atom is 0.277 e. The molecule has 1 N–H and O–H groups in total. The minimum Gasteiger partial charge on any atom is -0.484 e. The van der Waals surface area contributed by atoms with Crippen molar-refractivity contribution in [1.82, 2.24) is 15.2 Å². The molecule has 0 unspecified atom stereocenters. The quantitative estimate of drug-likeness (QED) is 0.289. The number of hydrogen-bond acceptors (Lipinski definition) is 4. The van der Waals surface area contributed by atoms with Crippen LogP contribution in [-0.4, -0.2) is 28.5 Å². The number of nitrogens with zero attached hydrogens (tertiary/aromatic N) is 3. The number of aryl methyl sites for hydroxylation is 1. The third-order valence-corrected chi connectivity index (χ3v) is 5.14. The number of para-hydroxylation sites is 1. The van der Waals surface area contributed by atoms with E-state index >= 15 is 0 Å². The highest BCUT2D eigenvalue weighted by Crippen LogP contribution is 2.23. The zero-order chi connectivity index (χ0) is 22.3. The second-order valence-electron chi connectivity index (χ2n) is 7.12. The van der Waals surface area contributed by atoms with E-state index in [0.29, 0.717) is 5.75 Å². The number of amides is 1. The number of aromatic nitrogens is 2. The first-order chi connectivity index (χ1) is 15.6. The van der Waals surface area contributed by atoms with Crippen LogP contribution in [0.2, 0.25) is 0 Å². The molecule has 6 nitrogen and oxygen atoms in total. The second kappa shape index (κ2) is 10.1. The molecule has 0 saturated carbocycles. The average Bonchev–Trinajstić information content (AvgIpc) is 3.23. The second-order valence-corrected chi connectivity index (χ2v) is 8.03. The first-order valence-electron chi connectivity index (χ1n) is 10.0. The predicted molar refractivity (Wildman–Crippen MR) is 129 cm³/mol. The summed E-state index contributed by atoms with van der Waals surface area (Å²) < 4.78 is 8.17. The fourth-order valence-electron chi connectivity index (χ4n) is 3.04. The van der Waals surface area contributed by atoms with Gasteiger partial charge < -0.3 is 4.74 Å². The van der Waals surface area contributed by atoms with Crippen LogP contribution < -0.4 is 10.2 Å². The minimum atomic E-state index is -0.353. The molecule has 3 aromatic carbocycles. The molecule has 0 aliphatic carbocycles. The Morgan fingerprint density at radius 1 is 1.09 bits per heavy atom. The van der Waals surface area contributed by atoms with Crippen molar-refractivity contribution in [2.24, 2.45) is 5.10 Å². The number of benzene rings is 3. The summed E-state index contributed by atoms with van der Waals surface area (Å²) in [5.74, 6) is 0.248. The van der Waals surface area contributed by atoms with Crippen LogP contribution in [0.5, 0.6) is 5.75 Å². The summed E-state index contributed by atoms with van der Waals surface area (Å²) in [6.45, 7) is 1.91. The normalized spacial score (nSPS) is 10.9. The van der Waals surface area contributed by atoms with Gasteiger partial charge in [-0.2, -0.15) is 10.2 Å². The Morgan fingerprint density at radius 3 is 2.62 bits per heavy atom. The number of carbonyl (C=O) groups is 1. The molecule has 4 rings (SSSR count). The van der Waals surface area contributed by atoms with Crippen molar-refractivity contribution in [2.45, 2.75) is 6.92 Å². The third-order valence-electron chi connectivity index (χ3n) is 4.65. The Kier molecular flexibility index (Phi) is 6.77. The maximum absolute atomic E-state index is 12.1. The van der Waals surface area contributed by atoms with Crippen molar-refractivity contribution in [3.05, 3.63) is 101 Å². The highest BCUT2D eigenvalue weighted by molar-refractivity contribution is 9.10. The van der Waals surface area contributed by atoms with Crippen LogP contribution in [0.15, 0.2) is 94.6 Å². The molecule has 32 heavy (non-hydrogen) atoms. The minimum absolute atomic E-state index is 0.137. The molecule has 0 saturated heterocycles. The molecule has 0 bridgehead atoms. The van der Waals surface area contributed by atoms with Crippen molar-refractivity contribution in [1.29, 1.82) is 0 Å². The molecule has 0 atom stereocenters. The Hall–Kier alpha value is -3.71. The third kappa shape index (κ3) is 5.50. The van der Waals surface area contributed by atoms with E-state index in [1.807, 2.05) is 79.9 Å². The van der Waals surface area contributed by atoms with Crippen LogP contribution in [0, 0.1) is 6.92 Å². The lowest BCUT2D eigenvalue weighted by Gasteiger charge is -2.05. The molecule has 1 aromatic heterocycles. The zero-order valence-electron chi connectivity index (χ0n) is 17.4. The zero-order valence-corrected chi connectivity index (χ0v) is 19.0. The van der Waals surface area contributed by atoms with Crippen LogP contribution in [0.4, 0.5) is 0 Å². The number of halogens is 1. The summed E-state index contributed by atoms with van der Waals surface area (Å²) in [6.07, 6.45) is 3.48. The van der Waals surface area contributed by atoms with Crippen LogP contribution in [0.25, 0.3) is 16.9 Å². The van der Waals surface area contributed by atoms with E-state index in [1.165, 1.54) is 5.56 Å². The van der Waals surface area contributed by atoms with Gasteiger partial charge in [0.2, 0.25) is 0 Å². The molecule has 7 heteroatoms. The summed E-state index contributed by atoms with van der Waals surface area (Å²) in [6, 6.07) is 25.3. The fourth-order valence-corrected chi connectivity index (χ4v) is 3.42. The van der Waals surface area contributed by atoms with Gasteiger partial charge in [-0.25, -0.2) is 10.1 Å². The summed E-state index contributed by atoms with van der Waals surface area (Å²) in [4.78, 5) is 12.1. The van der Waals surface area contributed by atoms with Gasteiger partial charge in [0, 0.05) is 21.8 Å². The number of rotatable bonds is 7. The first kappa shape index (κ1) is 21.5. The summed E-state index contributed by atoms with van der Waals surface area (Å²) in [5.41, 5.74) is 7.14. The van der Waals surface area contributed by atoms with Crippen LogP contribution >= 0.6 is 15.9 Å². The van der Waals surface area contributed by atoms with Crippen LogP contribution in [-0.2, 0) is 4.79 Å². The number of carbonyl (C=O) groups excluding carboxylic acids is 1. The Bertz CT molecular complexity index is 1230. The van der Waals surface area contributed by atoms with Crippen molar-refractivity contribution in [3.8, 4) is 22.7 Å². The highest BCUT2D eigenvalue weighted by Gasteiger charge is 2.11. The average molecular weight is 489 g/mol. The van der Waals surface area contributed by atoms with Gasteiger partial charge in [0.25, 0.3) is 5.91 Å². The molecule has 0 aliphatic heterocycles. The van der Waals surface area contributed by atoms with E-state index in [0.717, 1.165) is 27.0 Å². The van der Waals surface area contributed by atoms with Gasteiger partial charge in [0.1, 0.15) is 11.4 Å². The van der Waals surface area contributed by atoms with Gasteiger partial charge in [-0.3, -0.25) is 4.79 Å². The van der Waals surface area contributed by atoms with E-state index in [-0.39, 0.29) is 12.5 Å². The summed E-state index contributed by atoms with van der Waals surface area (Å²) in [7, 11) is 0. The Balaban J connectivity index is 1.50. The largest absolute Gasteiger partial charge is 0.484 e. The monoisotopic (exact) mass is 488 g/mol. The fraction of sp³-hybridized carbons (Fsp3) is 0.0800. The Morgan fingerprint density at radius 2 is 1.88 bits per heavy atom. The molecule has 4 aromatic rings. The summed E-state index contributed by atoms with van der Waals surface area (Å²) >= 11 is 3.37. The summed E-state index contributed by atoms with van der Waals surface area (Å²) in [5, 5.41) is 8.86. The molecule has 1 heterocycles. The SMILES string of the molecule is Cc1ccc(-c2nn(-c3ccccc3)cc2/C=N/NC(=O)COc2cccc(Br)c2)cc1. The van der Waals surface area contributed by atoms with E-state index < -0.39 is 0 Å². The highest BCUT2D eigenvalue weighted by atomic mass is 79.9. The number of hydrogen-bond donors (Lipinski definition) is 1. The Labute approximate surface area is 194 Å². The molecule has 160 valence electrons. The lowest BCUT2D eigenvalue weighted by molar-refractivity contribution is -0.123. The maximum atomic E-state index is 12.1. The first-order valence-corrected chi connectivity index (χ1v) is 10.8. The van der Waals surface area contributed by atoms with Crippen molar-refractivity contribution in [3.63, 3.8) is 0 Å². The number of ether oxygens (including phenoxy) is 1. The smallest absolute Gasteiger partial charge is 0.277 e. The van der Waals surface area contributed by atoms with E-state index in [9.17, 15) is 4.79 Å². The van der Waals surface area contributed by atoms with Gasteiger partial charge in [-0.05, 0) is 37.3 Å². The predicted octanol–water partition coefficient (Wildman–Crippen LogP) is 5.14. The van der Waals surface area contributed by atoms with Gasteiger partial charge in [-0.15, -0.1) is 0 Å². The van der Waals surface area contributed by atoms with E-state index in [1.54, 1.807) is 23.0 Å². The lowest BCUT2D eigenvalue weighted by Crippen LogP contribution is -2.24. The molecule has 0 radical (unpaired) electrons. The number of hydrazone groups is 1. The van der Waals surface area contributed by atoms with Crippen LogP contribution in [0.1, 0.15) is 11.1 Å². The molecule has 1 amide bonds. The molecule has 0 spiro atoms.